The highest BCUT2D eigenvalue weighted by Crippen LogP contribution is 2.56. The van der Waals surface area contributed by atoms with Crippen LogP contribution in [0.5, 0.6) is 5.75 Å². The second kappa shape index (κ2) is 8.80. The molecule has 0 radical (unpaired) electrons. The number of fused-ring (bicyclic) bond motifs is 3. The molecule has 3 aliphatic carbocycles. The smallest absolute Gasteiger partial charge is 0.255 e. The van der Waals surface area contributed by atoms with Crippen molar-refractivity contribution in [1.29, 1.82) is 0 Å². The van der Waals surface area contributed by atoms with E-state index in [0.29, 0.717) is 37.6 Å². The molecule has 204 valence electrons. The van der Waals surface area contributed by atoms with Crippen LogP contribution in [0.2, 0.25) is 0 Å². The Morgan fingerprint density at radius 3 is 2.37 bits per heavy atom. The Morgan fingerprint density at radius 2 is 1.79 bits per heavy atom. The number of ketones is 2. The van der Waals surface area contributed by atoms with Gasteiger partial charge in [0.25, 0.3) is 5.91 Å². The number of carbonyl (C=O) groups excluding carboxylic acids is 3. The maximum atomic E-state index is 14.0. The molecule has 1 aliphatic heterocycles. The number of phenolic OH excluding ortho intramolecular Hbond substituents is 1. The Kier molecular flexibility index (Phi) is 6.06. The van der Waals surface area contributed by atoms with Crippen LogP contribution in [0.4, 0.5) is 5.69 Å². The lowest BCUT2D eigenvalue weighted by molar-refractivity contribution is -0.169. The fourth-order valence-corrected chi connectivity index (χ4v) is 6.66. The topological polar surface area (TPSA) is 194 Å². The summed E-state index contributed by atoms with van der Waals surface area (Å²) in [6.45, 7) is 3.58. The number of amides is 1. The molecular weight excluding hydrogens is 498 g/mol. The summed E-state index contributed by atoms with van der Waals surface area (Å²) in [5.74, 6) is -8.97. The number of anilines is 1. The van der Waals surface area contributed by atoms with Crippen LogP contribution in [0.3, 0.4) is 0 Å². The van der Waals surface area contributed by atoms with Crippen LogP contribution in [-0.4, -0.2) is 106 Å². The molecule has 12 heteroatoms. The second-order valence-corrected chi connectivity index (χ2v) is 10.5. The van der Waals surface area contributed by atoms with Gasteiger partial charge >= 0.3 is 0 Å². The zero-order chi connectivity index (χ0) is 27.8. The number of aliphatic hydroxyl groups excluding tert-OH is 3. The molecule has 2 fully saturated rings. The van der Waals surface area contributed by atoms with Crippen molar-refractivity contribution in [3.05, 3.63) is 40.2 Å². The minimum absolute atomic E-state index is 0.0232. The van der Waals surface area contributed by atoms with E-state index in [-0.39, 0.29) is 11.3 Å². The fourth-order valence-electron chi connectivity index (χ4n) is 6.66. The Bertz CT molecular complexity index is 1310. The van der Waals surface area contributed by atoms with Crippen molar-refractivity contribution in [2.75, 3.05) is 45.3 Å². The molecule has 0 aromatic heterocycles. The van der Waals surface area contributed by atoms with Gasteiger partial charge in [0.05, 0.1) is 42.5 Å². The third-order valence-corrected chi connectivity index (χ3v) is 8.46. The zero-order valence-corrected chi connectivity index (χ0v) is 21.2. The number of likely N-dealkylation sites (N-methyl/N-ethyl adjacent to an activating group) is 1. The summed E-state index contributed by atoms with van der Waals surface area (Å²) in [6, 6.07) is 2.02. The largest absolute Gasteiger partial charge is 0.508 e. The van der Waals surface area contributed by atoms with E-state index < -0.39 is 75.6 Å². The summed E-state index contributed by atoms with van der Waals surface area (Å²) >= 11 is 0. The standard InChI is InChI=1S/C26H31N3O9/c1-10-11-4-5-12(29-6-8-38-9-7-29)19(30)14(11)20(31)15-13(10)21(32)17-18(28(2)3)22(33)16(25(27)36)24(35)26(17,37)23(15)34/h4-5,10,13,17-18,21,30-32,35,37H,6-9H2,1-3H3,(H2,27,36)/t10-,13+,17+,18-,21-,26-/m0/s1. The minimum atomic E-state index is -2.93. The SMILES string of the molecule is C[C@H]1c2ccc(N3CCOCC3)c(O)c2C(O)=C2C(=O)[C@]3(O)C(O)=C(C(N)=O)C(=O)[C@@H](N(C)C)[C@@H]3[C@@H](O)[C@@H]21. The number of aromatic hydroxyl groups is 1. The van der Waals surface area contributed by atoms with Crippen LogP contribution >= 0.6 is 0 Å². The molecule has 1 aromatic carbocycles. The molecular formula is C26H31N3O9. The van der Waals surface area contributed by atoms with E-state index in [1.54, 1.807) is 19.1 Å². The number of carbonyl (C=O) groups is 3. The van der Waals surface area contributed by atoms with Gasteiger partial charge in [-0.3, -0.25) is 19.3 Å². The first-order valence-corrected chi connectivity index (χ1v) is 12.4. The van der Waals surface area contributed by atoms with Crippen LogP contribution in [-0.2, 0) is 19.1 Å². The van der Waals surface area contributed by atoms with Crippen LogP contribution in [0.1, 0.15) is 24.0 Å². The van der Waals surface area contributed by atoms with Gasteiger partial charge in [0.15, 0.2) is 11.4 Å². The van der Waals surface area contributed by atoms with Crippen LogP contribution in [0, 0.1) is 11.8 Å². The molecule has 1 saturated heterocycles. The van der Waals surface area contributed by atoms with Gasteiger partial charge in [-0.2, -0.15) is 0 Å². The maximum absolute atomic E-state index is 14.0. The molecule has 7 N–H and O–H groups in total. The highest BCUT2D eigenvalue weighted by atomic mass is 16.5. The predicted octanol–water partition coefficient (Wildman–Crippen LogP) is -0.668. The summed E-state index contributed by atoms with van der Waals surface area (Å²) in [5, 5.41) is 57.0. The first kappa shape index (κ1) is 26.2. The number of phenols is 1. The van der Waals surface area contributed by atoms with Crippen molar-refractivity contribution >= 4 is 28.9 Å². The minimum Gasteiger partial charge on any atom is -0.508 e. The van der Waals surface area contributed by atoms with E-state index >= 15 is 0 Å². The van der Waals surface area contributed by atoms with Gasteiger partial charge in [-0.25, -0.2) is 0 Å². The molecule has 0 unspecified atom stereocenters. The Morgan fingerprint density at radius 1 is 1.16 bits per heavy atom. The number of benzene rings is 1. The lowest BCUT2D eigenvalue weighted by atomic mass is 9.54. The van der Waals surface area contributed by atoms with Crippen molar-refractivity contribution in [2.24, 2.45) is 17.6 Å². The monoisotopic (exact) mass is 529 g/mol. The average Bonchev–Trinajstić information content (AvgIpc) is 2.86. The van der Waals surface area contributed by atoms with Gasteiger partial charge in [-0.1, -0.05) is 13.0 Å². The number of rotatable bonds is 3. The normalized spacial score (nSPS) is 33.3. The van der Waals surface area contributed by atoms with Gasteiger partial charge in [-0.15, -0.1) is 0 Å². The van der Waals surface area contributed by atoms with E-state index in [0.717, 1.165) is 0 Å². The second-order valence-electron chi connectivity index (χ2n) is 10.5. The molecule has 1 aromatic rings. The van der Waals surface area contributed by atoms with Crippen LogP contribution < -0.4 is 10.6 Å². The average molecular weight is 530 g/mol. The zero-order valence-electron chi connectivity index (χ0n) is 21.2. The van der Waals surface area contributed by atoms with Crippen molar-refractivity contribution < 1.29 is 44.7 Å². The summed E-state index contributed by atoms with van der Waals surface area (Å²) in [7, 11) is 2.93. The molecule has 1 heterocycles. The number of ether oxygens (including phenoxy) is 1. The fraction of sp³-hybridized carbons (Fsp3) is 0.500. The first-order valence-electron chi connectivity index (χ1n) is 12.4. The first-order chi connectivity index (χ1) is 17.8. The van der Waals surface area contributed by atoms with E-state index in [1.807, 2.05) is 4.90 Å². The van der Waals surface area contributed by atoms with Crippen molar-refractivity contribution in [2.45, 2.75) is 30.6 Å². The highest BCUT2D eigenvalue weighted by Gasteiger charge is 2.68. The van der Waals surface area contributed by atoms with Crippen LogP contribution in [0.25, 0.3) is 5.76 Å². The number of primary amides is 1. The predicted molar refractivity (Wildman–Crippen MR) is 133 cm³/mol. The quantitative estimate of drug-likeness (QED) is 0.272. The number of Topliss-reactive ketones (excluding diaryl/α,β-unsaturated/α-hetero) is 2. The van der Waals surface area contributed by atoms with Crippen molar-refractivity contribution in [3.8, 4) is 5.75 Å². The lowest BCUT2D eigenvalue weighted by Crippen LogP contribution is -2.70. The Balaban J connectivity index is 1.75. The summed E-state index contributed by atoms with van der Waals surface area (Å²) in [4.78, 5) is 42.5. The van der Waals surface area contributed by atoms with Crippen molar-refractivity contribution in [1.82, 2.24) is 4.90 Å². The highest BCUT2D eigenvalue weighted by molar-refractivity contribution is 6.24. The van der Waals surface area contributed by atoms with Crippen molar-refractivity contribution in [3.63, 3.8) is 0 Å². The molecule has 4 aliphatic rings. The van der Waals surface area contributed by atoms with Gasteiger partial charge in [0.1, 0.15) is 22.8 Å². The van der Waals surface area contributed by atoms with E-state index in [9.17, 15) is 39.9 Å². The van der Waals surface area contributed by atoms with Crippen LogP contribution in [0.15, 0.2) is 29.0 Å². The van der Waals surface area contributed by atoms with E-state index in [1.165, 1.54) is 19.0 Å². The Labute approximate surface area is 218 Å². The number of aliphatic hydroxyl groups is 4. The van der Waals surface area contributed by atoms with Gasteiger partial charge in [-0.05, 0) is 31.6 Å². The Hall–Kier alpha value is -3.45. The summed E-state index contributed by atoms with van der Waals surface area (Å²) in [5.41, 5.74) is 1.91. The maximum Gasteiger partial charge on any atom is 0.255 e. The number of nitrogens with two attached hydrogens (primary N) is 1. The summed E-state index contributed by atoms with van der Waals surface area (Å²) in [6.07, 6.45) is -1.62. The molecule has 0 spiro atoms. The van der Waals surface area contributed by atoms with Gasteiger partial charge in [0, 0.05) is 24.6 Å². The number of morpholine rings is 1. The molecule has 5 rings (SSSR count). The van der Waals surface area contributed by atoms with Gasteiger partial charge in [0.2, 0.25) is 5.78 Å². The third kappa shape index (κ3) is 3.27. The molecule has 38 heavy (non-hydrogen) atoms. The summed E-state index contributed by atoms with van der Waals surface area (Å²) < 4.78 is 5.37. The van der Waals surface area contributed by atoms with E-state index in [2.05, 4.69) is 0 Å². The molecule has 12 nitrogen and oxygen atoms in total. The molecule has 6 atom stereocenters. The molecule has 0 bridgehead atoms. The molecule has 1 saturated carbocycles. The van der Waals surface area contributed by atoms with E-state index in [4.69, 9.17) is 10.5 Å². The number of hydrogen-bond acceptors (Lipinski definition) is 11. The molecule has 1 amide bonds. The number of nitrogens with zero attached hydrogens (tertiary/aromatic N) is 2. The van der Waals surface area contributed by atoms with Gasteiger partial charge < -0.3 is 40.9 Å². The lowest BCUT2D eigenvalue weighted by Gasteiger charge is -2.53. The number of hydrogen-bond donors (Lipinski definition) is 6. The third-order valence-electron chi connectivity index (χ3n) is 8.46.